The number of benzene rings is 1. The Labute approximate surface area is 142 Å². The largest absolute Gasteiger partial charge is 0.497 e. The first-order valence-electron chi connectivity index (χ1n) is 8.28. The van der Waals surface area contributed by atoms with E-state index < -0.39 is 0 Å². The summed E-state index contributed by atoms with van der Waals surface area (Å²) in [7, 11) is 3.50. The number of methoxy groups -OCH3 is 1. The molecule has 0 spiro atoms. The zero-order valence-electron chi connectivity index (χ0n) is 14.5. The van der Waals surface area contributed by atoms with Crippen LogP contribution in [0.4, 0.5) is 10.6 Å². The van der Waals surface area contributed by atoms with Gasteiger partial charge in [-0.3, -0.25) is 10.00 Å². The lowest BCUT2D eigenvalue weighted by atomic mass is 10.0. The van der Waals surface area contributed by atoms with Crippen LogP contribution >= 0.6 is 0 Å². The van der Waals surface area contributed by atoms with Gasteiger partial charge in [0.05, 0.1) is 12.8 Å². The second kappa shape index (κ2) is 6.95. The highest BCUT2D eigenvalue weighted by Crippen LogP contribution is 2.23. The third-order valence-electron chi connectivity index (χ3n) is 4.51. The van der Waals surface area contributed by atoms with Crippen molar-refractivity contribution >= 4 is 11.8 Å². The van der Waals surface area contributed by atoms with E-state index in [0.717, 1.165) is 43.1 Å². The third kappa shape index (κ3) is 3.53. The summed E-state index contributed by atoms with van der Waals surface area (Å²) in [6.07, 6.45) is 2.93. The second-order valence-electron chi connectivity index (χ2n) is 6.27. The number of nitrogens with one attached hydrogen (secondary N) is 1. The summed E-state index contributed by atoms with van der Waals surface area (Å²) in [5, 5.41) is 7.24. The Kier molecular flexibility index (Phi) is 4.74. The highest BCUT2D eigenvalue weighted by atomic mass is 16.5. The fourth-order valence-corrected chi connectivity index (χ4v) is 3.26. The molecule has 6 nitrogen and oxygen atoms in total. The lowest BCUT2D eigenvalue weighted by Crippen LogP contribution is -2.40. The van der Waals surface area contributed by atoms with Gasteiger partial charge in [-0.25, -0.2) is 4.79 Å². The molecular weight excluding hydrogens is 304 g/mol. The molecule has 1 aromatic carbocycles. The van der Waals surface area contributed by atoms with Gasteiger partial charge in [-0.2, -0.15) is 5.10 Å². The van der Waals surface area contributed by atoms with Gasteiger partial charge in [0, 0.05) is 25.7 Å². The van der Waals surface area contributed by atoms with Crippen molar-refractivity contribution in [2.24, 2.45) is 7.05 Å². The molecule has 1 aliphatic rings. The van der Waals surface area contributed by atoms with Crippen molar-refractivity contribution < 1.29 is 9.53 Å². The molecular formula is C18H24N4O2. The van der Waals surface area contributed by atoms with E-state index in [2.05, 4.69) is 22.5 Å². The fraction of sp³-hybridized carbons (Fsp3) is 0.444. The summed E-state index contributed by atoms with van der Waals surface area (Å²) in [4.78, 5) is 14.6. The predicted molar refractivity (Wildman–Crippen MR) is 93.4 cm³/mol. The number of hydrogen-bond donors (Lipinski definition) is 1. The topological polar surface area (TPSA) is 59.4 Å². The molecule has 6 heteroatoms. The first-order valence-corrected chi connectivity index (χ1v) is 8.28. The van der Waals surface area contributed by atoms with E-state index in [4.69, 9.17) is 4.74 Å². The van der Waals surface area contributed by atoms with E-state index in [1.165, 1.54) is 5.56 Å². The minimum Gasteiger partial charge on any atom is -0.497 e. The lowest BCUT2D eigenvalue weighted by Gasteiger charge is -2.25. The zero-order valence-corrected chi connectivity index (χ0v) is 14.5. The minimum atomic E-state index is -0.0472. The fourth-order valence-electron chi connectivity index (χ4n) is 3.26. The number of anilines is 1. The highest BCUT2D eigenvalue weighted by Gasteiger charge is 2.29. The molecule has 1 saturated heterocycles. The number of hydrogen-bond acceptors (Lipinski definition) is 3. The molecule has 2 heterocycles. The van der Waals surface area contributed by atoms with Crippen molar-refractivity contribution in [2.75, 3.05) is 19.0 Å². The first-order chi connectivity index (χ1) is 11.6. The maximum absolute atomic E-state index is 12.6. The van der Waals surface area contributed by atoms with Gasteiger partial charge in [-0.15, -0.1) is 0 Å². The average molecular weight is 328 g/mol. The van der Waals surface area contributed by atoms with Gasteiger partial charge < -0.3 is 9.64 Å². The molecule has 1 aromatic heterocycles. The van der Waals surface area contributed by atoms with Crippen LogP contribution in [0.1, 0.15) is 24.1 Å². The van der Waals surface area contributed by atoms with Crippen molar-refractivity contribution in [2.45, 2.75) is 32.2 Å². The zero-order chi connectivity index (χ0) is 17.1. The average Bonchev–Trinajstić information content (AvgIpc) is 3.14. The van der Waals surface area contributed by atoms with Gasteiger partial charge >= 0.3 is 6.03 Å². The van der Waals surface area contributed by atoms with Crippen LogP contribution in [-0.4, -0.2) is 40.4 Å². The van der Waals surface area contributed by atoms with Gasteiger partial charge in [0.1, 0.15) is 11.6 Å². The molecule has 24 heavy (non-hydrogen) atoms. The molecule has 2 amide bonds. The number of nitrogens with zero attached hydrogens (tertiary/aromatic N) is 3. The molecule has 2 aromatic rings. The minimum absolute atomic E-state index is 0.0472. The van der Waals surface area contributed by atoms with E-state index in [9.17, 15) is 4.79 Å². The number of rotatable bonds is 4. The summed E-state index contributed by atoms with van der Waals surface area (Å²) in [6, 6.07) is 10.1. The molecule has 0 aliphatic carbocycles. The van der Waals surface area contributed by atoms with Crippen LogP contribution in [0.25, 0.3) is 0 Å². The smallest absolute Gasteiger partial charge is 0.323 e. The summed E-state index contributed by atoms with van der Waals surface area (Å²) in [5.74, 6) is 1.58. The Morgan fingerprint density at radius 3 is 2.75 bits per heavy atom. The number of urea groups is 1. The van der Waals surface area contributed by atoms with E-state index >= 15 is 0 Å². The monoisotopic (exact) mass is 328 g/mol. The van der Waals surface area contributed by atoms with Crippen LogP contribution < -0.4 is 10.1 Å². The second-order valence-corrected chi connectivity index (χ2v) is 6.27. The quantitative estimate of drug-likeness (QED) is 0.938. The number of aromatic nitrogens is 2. The van der Waals surface area contributed by atoms with Crippen LogP contribution in [0.2, 0.25) is 0 Å². The summed E-state index contributed by atoms with van der Waals surface area (Å²) < 4.78 is 6.89. The van der Waals surface area contributed by atoms with Crippen molar-refractivity contribution in [3.63, 3.8) is 0 Å². The Bertz CT molecular complexity index is 708. The van der Waals surface area contributed by atoms with E-state index in [1.54, 1.807) is 11.8 Å². The number of amides is 2. The van der Waals surface area contributed by atoms with E-state index in [0.29, 0.717) is 0 Å². The van der Waals surface area contributed by atoms with E-state index in [-0.39, 0.29) is 12.1 Å². The molecule has 1 N–H and O–H groups in total. The summed E-state index contributed by atoms with van der Waals surface area (Å²) in [5.41, 5.74) is 2.11. The molecule has 0 bridgehead atoms. The predicted octanol–water partition coefficient (Wildman–Crippen LogP) is 2.98. The number of carbonyl (C=O) groups is 1. The van der Waals surface area contributed by atoms with Crippen molar-refractivity contribution in [3.05, 3.63) is 41.6 Å². The number of ether oxygens (including phenoxy) is 1. The van der Waals surface area contributed by atoms with Gasteiger partial charge in [0.25, 0.3) is 0 Å². The molecule has 128 valence electrons. The highest BCUT2D eigenvalue weighted by molar-refractivity contribution is 5.88. The Balaban J connectivity index is 1.65. The Hall–Kier alpha value is -2.50. The van der Waals surface area contributed by atoms with Crippen LogP contribution in [0, 0.1) is 6.92 Å². The van der Waals surface area contributed by atoms with Crippen molar-refractivity contribution in [3.8, 4) is 5.75 Å². The first kappa shape index (κ1) is 16.4. The van der Waals surface area contributed by atoms with Gasteiger partial charge in [-0.05, 0) is 43.9 Å². The molecule has 1 aliphatic heterocycles. The molecule has 3 rings (SSSR count). The molecule has 0 radical (unpaired) electrons. The lowest BCUT2D eigenvalue weighted by molar-refractivity contribution is 0.206. The number of likely N-dealkylation sites (tertiary alicyclic amines) is 1. The van der Waals surface area contributed by atoms with Crippen LogP contribution in [0.3, 0.4) is 0 Å². The van der Waals surface area contributed by atoms with Crippen LogP contribution in [0.5, 0.6) is 5.75 Å². The Morgan fingerprint density at radius 2 is 2.12 bits per heavy atom. The molecule has 1 unspecified atom stereocenters. The van der Waals surface area contributed by atoms with Gasteiger partial charge in [0.15, 0.2) is 0 Å². The van der Waals surface area contributed by atoms with Gasteiger partial charge in [-0.1, -0.05) is 12.1 Å². The van der Waals surface area contributed by atoms with E-state index in [1.807, 2.05) is 37.1 Å². The maximum Gasteiger partial charge on any atom is 0.323 e. The molecule has 1 atom stereocenters. The van der Waals surface area contributed by atoms with Gasteiger partial charge in [0.2, 0.25) is 0 Å². The SMILES string of the molecule is COc1ccc(CC2CCCN2C(=O)Nc2cc(C)nn2C)cc1. The number of carbonyl (C=O) groups excluding carboxylic acids is 1. The third-order valence-corrected chi connectivity index (χ3v) is 4.51. The maximum atomic E-state index is 12.6. The summed E-state index contributed by atoms with van der Waals surface area (Å²) in [6.45, 7) is 2.71. The van der Waals surface area contributed by atoms with Crippen molar-refractivity contribution in [1.82, 2.24) is 14.7 Å². The number of aryl methyl sites for hydroxylation is 2. The normalized spacial score (nSPS) is 17.1. The molecule has 1 fully saturated rings. The summed E-state index contributed by atoms with van der Waals surface area (Å²) >= 11 is 0. The van der Waals surface area contributed by atoms with Crippen LogP contribution in [0.15, 0.2) is 30.3 Å². The molecule has 0 saturated carbocycles. The van der Waals surface area contributed by atoms with Crippen LogP contribution in [-0.2, 0) is 13.5 Å². The standard InChI is InChI=1S/C18H24N4O2/c1-13-11-17(21(2)20-13)19-18(23)22-10-4-5-15(22)12-14-6-8-16(24-3)9-7-14/h6-9,11,15H,4-5,10,12H2,1-3H3,(H,19,23). The Morgan fingerprint density at radius 1 is 1.38 bits per heavy atom. The van der Waals surface area contributed by atoms with Crippen molar-refractivity contribution in [1.29, 1.82) is 0 Å².